The van der Waals surface area contributed by atoms with Crippen LogP contribution in [0.5, 0.6) is 0 Å². The van der Waals surface area contributed by atoms with Gasteiger partial charge in [0, 0.05) is 11.4 Å². The zero-order chi connectivity index (χ0) is 13.8. The molecule has 0 atom stereocenters. The molecule has 0 aliphatic carbocycles. The maximum Gasteiger partial charge on any atom is 0.337 e. The summed E-state index contributed by atoms with van der Waals surface area (Å²) >= 11 is 0. The predicted octanol–water partition coefficient (Wildman–Crippen LogP) is 2.94. The van der Waals surface area contributed by atoms with E-state index in [4.69, 9.17) is 5.73 Å². The minimum absolute atomic E-state index is 0.103. The fraction of sp³-hybridized carbons (Fsp3) is 0.0714. The Labute approximate surface area is 110 Å². The number of methoxy groups -OCH3 is 1. The van der Waals surface area contributed by atoms with E-state index < -0.39 is 11.8 Å². The second kappa shape index (κ2) is 5.39. The van der Waals surface area contributed by atoms with Gasteiger partial charge in [-0.3, -0.25) is 0 Å². The first-order chi connectivity index (χ1) is 9.10. The molecule has 5 heteroatoms. The molecule has 0 aliphatic rings. The van der Waals surface area contributed by atoms with E-state index in [0.29, 0.717) is 11.3 Å². The Balaban J connectivity index is 2.15. The van der Waals surface area contributed by atoms with Crippen molar-refractivity contribution in [1.29, 1.82) is 0 Å². The number of hydrogen-bond acceptors (Lipinski definition) is 4. The van der Waals surface area contributed by atoms with Crippen LogP contribution < -0.4 is 11.1 Å². The van der Waals surface area contributed by atoms with Crippen molar-refractivity contribution in [2.24, 2.45) is 0 Å². The van der Waals surface area contributed by atoms with E-state index in [1.165, 1.54) is 19.2 Å². The summed E-state index contributed by atoms with van der Waals surface area (Å²) in [6.07, 6.45) is 0. The molecule has 0 heterocycles. The summed E-state index contributed by atoms with van der Waals surface area (Å²) in [5.74, 6) is -0.874. The zero-order valence-electron chi connectivity index (χ0n) is 10.3. The van der Waals surface area contributed by atoms with Gasteiger partial charge in [0.2, 0.25) is 0 Å². The number of rotatable bonds is 3. The van der Waals surface area contributed by atoms with Crippen molar-refractivity contribution < 1.29 is 13.9 Å². The molecule has 0 amide bonds. The molecule has 0 spiro atoms. The molecule has 98 valence electrons. The lowest BCUT2D eigenvalue weighted by atomic mass is 10.2. The molecule has 0 radical (unpaired) electrons. The molecule has 4 nitrogen and oxygen atoms in total. The van der Waals surface area contributed by atoms with Crippen molar-refractivity contribution in [3.8, 4) is 0 Å². The fourth-order valence-corrected chi connectivity index (χ4v) is 1.58. The van der Waals surface area contributed by atoms with Crippen LogP contribution in [0, 0.1) is 5.82 Å². The molecule has 0 aliphatic heterocycles. The molecule has 0 fully saturated rings. The standard InChI is InChI=1S/C14H13FN2O2/c1-19-14(18)9-2-4-10(5-3-9)17-11-6-7-13(16)12(15)8-11/h2-8,17H,16H2,1H3. The second-order valence-corrected chi connectivity index (χ2v) is 3.93. The molecule has 2 aromatic rings. The lowest BCUT2D eigenvalue weighted by Gasteiger charge is -2.08. The summed E-state index contributed by atoms with van der Waals surface area (Å²) in [6, 6.07) is 11.1. The molecule has 2 rings (SSSR count). The molecule has 0 unspecified atom stereocenters. The van der Waals surface area contributed by atoms with Gasteiger partial charge in [-0.25, -0.2) is 9.18 Å². The first kappa shape index (κ1) is 12.9. The minimum Gasteiger partial charge on any atom is -0.465 e. The molecule has 0 saturated carbocycles. The fourth-order valence-electron chi connectivity index (χ4n) is 1.58. The Bertz CT molecular complexity index is 597. The van der Waals surface area contributed by atoms with E-state index in [0.717, 1.165) is 5.69 Å². The average Bonchev–Trinajstić information content (AvgIpc) is 2.43. The van der Waals surface area contributed by atoms with Crippen molar-refractivity contribution in [3.63, 3.8) is 0 Å². The van der Waals surface area contributed by atoms with Gasteiger partial charge >= 0.3 is 5.97 Å². The number of nitrogens with two attached hydrogens (primary N) is 1. The van der Waals surface area contributed by atoms with Gasteiger partial charge in [-0.15, -0.1) is 0 Å². The van der Waals surface area contributed by atoms with Crippen molar-refractivity contribution in [2.45, 2.75) is 0 Å². The van der Waals surface area contributed by atoms with Gasteiger partial charge in [0.25, 0.3) is 0 Å². The molecule has 0 saturated heterocycles. The Morgan fingerprint density at radius 1 is 1.16 bits per heavy atom. The molecule has 0 aromatic heterocycles. The minimum atomic E-state index is -0.476. The Hall–Kier alpha value is -2.56. The quantitative estimate of drug-likeness (QED) is 0.658. The van der Waals surface area contributed by atoms with Gasteiger partial charge in [-0.05, 0) is 42.5 Å². The number of ether oxygens (including phenoxy) is 1. The van der Waals surface area contributed by atoms with Crippen molar-refractivity contribution in [1.82, 2.24) is 0 Å². The summed E-state index contributed by atoms with van der Waals surface area (Å²) in [5, 5.41) is 3.01. The highest BCUT2D eigenvalue weighted by Crippen LogP contribution is 2.20. The van der Waals surface area contributed by atoms with E-state index in [9.17, 15) is 9.18 Å². The van der Waals surface area contributed by atoms with Gasteiger partial charge in [0.05, 0.1) is 18.4 Å². The summed E-state index contributed by atoms with van der Waals surface area (Å²) < 4.78 is 17.9. The van der Waals surface area contributed by atoms with E-state index in [1.807, 2.05) is 0 Å². The van der Waals surface area contributed by atoms with Crippen molar-refractivity contribution >= 4 is 23.0 Å². The van der Waals surface area contributed by atoms with Crippen LogP contribution in [-0.4, -0.2) is 13.1 Å². The van der Waals surface area contributed by atoms with Gasteiger partial charge < -0.3 is 15.8 Å². The zero-order valence-corrected chi connectivity index (χ0v) is 10.3. The maximum absolute atomic E-state index is 13.3. The van der Waals surface area contributed by atoms with Crippen LogP contribution in [0.1, 0.15) is 10.4 Å². The third kappa shape index (κ3) is 3.01. The summed E-state index contributed by atoms with van der Waals surface area (Å²) in [4.78, 5) is 11.3. The SMILES string of the molecule is COC(=O)c1ccc(Nc2ccc(N)c(F)c2)cc1. The van der Waals surface area contributed by atoms with Gasteiger partial charge in [0.15, 0.2) is 0 Å². The van der Waals surface area contributed by atoms with Crippen LogP contribution in [-0.2, 0) is 4.74 Å². The number of benzene rings is 2. The number of esters is 1. The normalized spacial score (nSPS) is 10.0. The third-order valence-electron chi connectivity index (χ3n) is 2.60. The summed E-state index contributed by atoms with van der Waals surface area (Å²) in [7, 11) is 1.33. The smallest absolute Gasteiger partial charge is 0.337 e. The number of nitrogens with one attached hydrogen (secondary N) is 1. The topological polar surface area (TPSA) is 64.3 Å². The largest absolute Gasteiger partial charge is 0.465 e. The van der Waals surface area contributed by atoms with Crippen LogP contribution in [0.15, 0.2) is 42.5 Å². The maximum atomic E-state index is 13.3. The average molecular weight is 260 g/mol. The number of carbonyl (C=O) groups excluding carboxylic acids is 1. The summed E-state index contributed by atoms with van der Waals surface area (Å²) in [6.45, 7) is 0. The molecular formula is C14H13FN2O2. The molecule has 2 aromatic carbocycles. The van der Waals surface area contributed by atoms with Crippen LogP contribution in [0.3, 0.4) is 0 Å². The van der Waals surface area contributed by atoms with Crippen LogP contribution in [0.2, 0.25) is 0 Å². The highest BCUT2D eigenvalue weighted by Gasteiger charge is 2.05. The van der Waals surface area contributed by atoms with E-state index >= 15 is 0 Å². The van der Waals surface area contributed by atoms with Crippen LogP contribution in [0.25, 0.3) is 0 Å². The second-order valence-electron chi connectivity index (χ2n) is 3.93. The highest BCUT2D eigenvalue weighted by molar-refractivity contribution is 5.89. The summed E-state index contributed by atoms with van der Waals surface area (Å²) in [5.41, 5.74) is 7.27. The number of halogens is 1. The number of nitrogen functional groups attached to an aromatic ring is 1. The third-order valence-corrected chi connectivity index (χ3v) is 2.60. The van der Waals surface area contributed by atoms with E-state index in [2.05, 4.69) is 10.1 Å². The van der Waals surface area contributed by atoms with E-state index in [1.54, 1.807) is 30.3 Å². The van der Waals surface area contributed by atoms with Gasteiger partial charge in [-0.1, -0.05) is 0 Å². The molecule has 19 heavy (non-hydrogen) atoms. The highest BCUT2D eigenvalue weighted by atomic mass is 19.1. The number of carbonyl (C=O) groups is 1. The number of anilines is 3. The van der Waals surface area contributed by atoms with Gasteiger partial charge in [0.1, 0.15) is 5.82 Å². The van der Waals surface area contributed by atoms with Crippen molar-refractivity contribution in [2.75, 3.05) is 18.2 Å². The Kier molecular flexibility index (Phi) is 3.66. The lowest BCUT2D eigenvalue weighted by molar-refractivity contribution is 0.0601. The van der Waals surface area contributed by atoms with Gasteiger partial charge in [-0.2, -0.15) is 0 Å². The number of hydrogen-bond donors (Lipinski definition) is 2. The van der Waals surface area contributed by atoms with Crippen LogP contribution >= 0.6 is 0 Å². The van der Waals surface area contributed by atoms with E-state index in [-0.39, 0.29) is 5.69 Å². The van der Waals surface area contributed by atoms with Crippen LogP contribution in [0.4, 0.5) is 21.5 Å². The molecular weight excluding hydrogens is 247 g/mol. The lowest BCUT2D eigenvalue weighted by Crippen LogP contribution is -2.01. The first-order valence-corrected chi connectivity index (χ1v) is 5.60. The predicted molar refractivity (Wildman–Crippen MR) is 71.9 cm³/mol. The van der Waals surface area contributed by atoms with Crippen molar-refractivity contribution in [3.05, 3.63) is 53.8 Å². The molecule has 0 bridgehead atoms. The molecule has 3 N–H and O–H groups in total. The first-order valence-electron chi connectivity index (χ1n) is 5.60. The monoisotopic (exact) mass is 260 g/mol. The Morgan fingerprint density at radius 3 is 2.37 bits per heavy atom. The Morgan fingerprint density at radius 2 is 1.79 bits per heavy atom.